The second kappa shape index (κ2) is 10.4. The summed E-state index contributed by atoms with van der Waals surface area (Å²) in [7, 11) is 1.56. The lowest BCUT2D eigenvalue weighted by molar-refractivity contribution is -0.114. The normalized spacial score (nSPS) is 10.4. The molecule has 2 rings (SSSR count). The monoisotopic (exact) mass is 396 g/mol. The van der Waals surface area contributed by atoms with Crippen LogP contribution in [0.15, 0.2) is 48.5 Å². The summed E-state index contributed by atoms with van der Waals surface area (Å²) < 4.78 is 33.4. The summed E-state index contributed by atoms with van der Waals surface area (Å²) in [5.74, 6) is 0.345. The molecule has 0 atom stereocenters. The third kappa shape index (κ3) is 7.53. The zero-order valence-electron chi connectivity index (χ0n) is 14.4. The standard InChI is InChI=1S/C18H18F2N2O4S/c1-25-14-6-2-12(3-7-14)21-16(23)10-27-11-17(24)22-13-4-8-15(9-5-13)26-18(19)20/h2-9,18H,10-11H2,1H3,(H,21,23)(H,22,24). The van der Waals surface area contributed by atoms with Crippen LogP contribution >= 0.6 is 11.8 Å². The number of methoxy groups -OCH3 is 1. The molecule has 6 nitrogen and oxygen atoms in total. The highest BCUT2D eigenvalue weighted by Gasteiger charge is 2.08. The van der Waals surface area contributed by atoms with E-state index < -0.39 is 6.61 Å². The Hall–Kier alpha value is -2.81. The van der Waals surface area contributed by atoms with Crippen molar-refractivity contribution < 1.29 is 27.8 Å². The summed E-state index contributed by atoms with van der Waals surface area (Å²) in [6.45, 7) is -2.90. The molecule has 0 saturated carbocycles. The van der Waals surface area contributed by atoms with E-state index >= 15 is 0 Å². The van der Waals surface area contributed by atoms with Gasteiger partial charge in [-0.05, 0) is 48.5 Å². The van der Waals surface area contributed by atoms with E-state index in [1.54, 1.807) is 31.4 Å². The Morgan fingerprint density at radius 3 is 1.74 bits per heavy atom. The quantitative estimate of drug-likeness (QED) is 0.677. The zero-order valence-corrected chi connectivity index (χ0v) is 15.2. The van der Waals surface area contributed by atoms with Crippen LogP contribution in [0.3, 0.4) is 0 Å². The Morgan fingerprint density at radius 1 is 0.889 bits per heavy atom. The molecule has 0 heterocycles. The van der Waals surface area contributed by atoms with E-state index in [2.05, 4.69) is 15.4 Å². The summed E-state index contributed by atoms with van der Waals surface area (Å²) in [5.41, 5.74) is 1.09. The summed E-state index contributed by atoms with van der Waals surface area (Å²) >= 11 is 1.15. The van der Waals surface area contributed by atoms with Gasteiger partial charge < -0.3 is 20.1 Å². The molecule has 2 N–H and O–H groups in total. The summed E-state index contributed by atoms with van der Waals surface area (Å²) in [6.07, 6.45) is 0. The van der Waals surface area contributed by atoms with Crippen molar-refractivity contribution in [1.82, 2.24) is 0 Å². The number of carbonyl (C=O) groups excluding carboxylic acids is 2. The number of thioether (sulfide) groups is 1. The molecule has 9 heteroatoms. The Balaban J connectivity index is 1.69. The molecule has 0 aromatic heterocycles. The lowest BCUT2D eigenvalue weighted by Crippen LogP contribution is -2.18. The molecular weight excluding hydrogens is 378 g/mol. The van der Waals surface area contributed by atoms with Crippen LogP contribution in [0.1, 0.15) is 0 Å². The fourth-order valence-corrected chi connectivity index (χ4v) is 2.64. The van der Waals surface area contributed by atoms with E-state index in [-0.39, 0.29) is 29.1 Å². The van der Waals surface area contributed by atoms with Gasteiger partial charge in [0.05, 0.1) is 18.6 Å². The lowest BCUT2D eigenvalue weighted by atomic mass is 10.3. The number of nitrogens with one attached hydrogen (secondary N) is 2. The van der Waals surface area contributed by atoms with E-state index in [9.17, 15) is 18.4 Å². The molecule has 0 fully saturated rings. The second-order valence-electron chi connectivity index (χ2n) is 5.22. The van der Waals surface area contributed by atoms with Gasteiger partial charge in [-0.2, -0.15) is 8.78 Å². The van der Waals surface area contributed by atoms with Gasteiger partial charge in [0.2, 0.25) is 11.8 Å². The third-order valence-electron chi connectivity index (χ3n) is 3.20. The number of halogens is 2. The van der Waals surface area contributed by atoms with Crippen LogP contribution in [0.25, 0.3) is 0 Å². The van der Waals surface area contributed by atoms with E-state index in [1.165, 1.54) is 24.3 Å². The number of amides is 2. The van der Waals surface area contributed by atoms with Crippen LogP contribution in [0, 0.1) is 0 Å². The first-order valence-electron chi connectivity index (χ1n) is 7.82. The predicted molar refractivity (Wildman–Crippen MR) is 101 cm³/mol. The Labute approximate surface area is 159 Å². The van der Waals surface area contributed by atoms with Gasteiger partial charge in [0, 0.05) is 11.4 Å². The van der Waals surface area contributed by atoms with Gasteiger partial charge in [0.15, 0.2) is 0 Å². The van der Waals surface area contributed by atoms with Crippen LogP contribution in [-0.2, 0) is 9.59 Å². The van der Waals surface area contributed by atoms with E-state index in [0.29, 0.717) is 17.1 Å². The van der Waals surface area contributed by atoms with Crippen LogP contribution in [0.4, 0.5) is 20.2 Å². The van der Waals surface area contributed by atoms with E-state index in [1.807, 2.05) is 0 Å². The first-order chi connectivity index (χ1) is 13.0. The minimum absolute atomic E-state index is 0.00702. The van der Waals surface area contributed by atoms with Gasteiger partial charge >= 0.3 is 6.61 Å². The molecule has 0 saturated heterocycles. The molecule has 2 amide bonds. The SMILES string of the molecule is COc1ccc(NC(=O)CSCC(=O)Nc2ccc(OC(F)F)cc2)cc1. The Bertz CT molecular complexity index is 755. The van der Waals surface area contributed by atoms with E-state index in [4.69, 9.17) is 4.74 Å². The van der Waals surface area contributed by atoms with Crippen LogP contribution in [0.5, 0.6) is 11.5 Å². The fourth-order valence-electron chi connectivity index (χ4n) is 2.02. The maximum atomic E-state index is 12.1. The highest BCUT2D eigenvalue weighted by atomic mass is 32.2. The van der Waals surface area contributed by atoms with Crippen LogP contribution < -0.4 is 20.1 Å². The molecule has 0 spiro atoms. The van der Waals surface area contributed by atoms with Crippen molar-refractivity contribution in [2.45, 2.75) is 6.61 Å². The van der Waals surface area contributed by atoms with Crippen molar-refractivity contribution in [2.24, 2.45) is 0 Å². The minimum atomic E-state index is -2.90. The van der Waals surface area contributed by atoms with Crippen LogP contribution in [0.2, 0.25) is 0 Å². The topological polar surface area (TPSA) is 76.7 Å². The molecule has 2 aromatic rings. The Morgan fingerprint density at radius 2 is 1.33 bits per heavy atom. The fraction of sp³-hybridized carbons (Fsp3) is 0.222. The van der Waals surface area contributed by atoms with Gasteiger partial charge in [-0.25, -0.2) is 0 Å². The van der Waals surface area contributed by atoms with Gasteiger partial charge in [-0.1, -0.05) is 0 Å². The number of anilines is 2. The number of rotatable bonds is 9. The van der Waals surface area contributed by atoms with Crippen molar-refractivity contribution in [2.75, 3.05) is 29.2 Å². The van der Waals surface area contributed by atoms with Crippen molar-refractivity contribution in [3.05, 3.63) is 48.5 Å². The highest BCUT2D eigenvalue weighted by Crippen LogP contribution is 2.18. The number of carbonyl (C=O) groups is 2. The third-order valence-corrected chi connectivity index (χ3v) is 4.14. The van der Waals surface area contributed by atoms with Crippen molar-refractivity contribution >= 4 is 35.0 Å². The van der Waals surface area contributed by atoms with Gasteiger partial charge in [0.1, 0.15) is 11.5 Å². The minimum Gasteiger partial charge on any atom is -0.497 e. The summed E-state index contributed by atoms with van der Waals surface area (Å²) in [4.78, 5) is 23.7. The largest absolute Gasteiger partial charge is 0.497 e. The molecule has 0 aliphatic heterocycles. The van der Waals surface area contributed by atoms with Gasteiger partial charge in [-0.3, -0.25) is 9.59 Å². The average Bonchev–Trinajstić information content (AvgIpc) is 2.63. The molecule has 0 aliphatic carbocycles. The van der Waals surface area contributed by atoms with Crippen molar-refractivity contribution in [3.8, 4) is 11.5 Å². The maximum Gasteiger partial charge on any atom is 0.387 e. The first kappa shape index (κ1) is 20.5. The smallest absolute Gasteiger partial charge is 0.387 e. The molecule has 0 aliphatic rings. The summed E-state index contributed by atoms with van der Waals surface area (Å²) in [5, 5.41) is 5.33. The lowest BCUT2D eigenvalue weighted by Gasteiger charge is -2.08. The number of alkyl halides is 2. The molecule has 144 valence electrons. The van der Waals surface area contributed by atoms with Gasteiger partial charge in [-0.15, -0.1) is 11.8 Å². The van der Waals surface area contributed by atoms with Crippen molar-refractivity contribution in [3.63, 3.8) is 0 Å². The Kier molecular flexibility index (Phi) is 7.87. The molecule has 0 radical (unpaired) electrons. The van der Waals surface area contributed by atoms with Gasteiger partial charge in [0.25, 0.3) is 0 Å². The molecule has 0 unspecified atom stereocenters. The van der Waals surface area contributed by atoms with Crippen molar-refractivity contribution in [1.29, 1.82) is 0 Å². The molecule has 27 heavy (non-hydrogen) atoms. The number of benzene rings is 2. The molecular formula is C18H18F2N2O4S. The van der Waals surface area contributed by atoms with E-state index in [0.717, 1.165) is 11.8 Å². The zero-order chi connectivity index (χ0) is 19.6. The molecule has 2 aromatic carbocycles. The van der Waals surface area contributed by atoms with Crippen LogP contribution in [-0.4, -0.2) is 37.0 Å². The average molecular weight is 396 g/mol. The first-order valence-corrected chi connectivity index (χ1v) is 8.98. The number of hydrogen-bond acceptors (Lipinski definition) is 5. The summed E-state index contributed by atoms with van der Waals surface area (Å²) in [6, 6.07) is 12.5. The number of hydrogen-bond donors (Lipinski definition) is 2. The predicted octanol–water partition coefficient (Wildman–Crippen LogP) is 3.61. The number of ether oxygens (including phenoxy) is 2. The highest BCUT2D eigenvalue weighted by molar-refractivity contribution is 8.00. The maximum absolute atomic E-state index is 12.1. The molecule has 0 bridgehead atoms. The second-order valence-corrected chi connectivity index (χ2v) is 6.21.